The molecular weight excluding hydrogens is 490 g/mol. The van der Waals surface area contributed by atoms with Crippen LogP contribution < -0.4 is 10.2 Å². The van der Waals surface area contributed by atoms with E-state index < -0.39 is 27.9 Å². The molecule has 37 heavy (non-hydrogen) atoms. The molecule has 2 aromatic carbocycles. The van der Waals surface area contributed by atoms with E-state index in [0.29, 0.717) is 35.3 Å². The Balaban J connectivity index is 1.77. The highest BCUT2D eigenvalue weighted by Crippen LogP contribution is 2.38. The normalized spacial score (nSPS) is 19.1. The Bertz CT molecular complexity index is 1320. The summed E-state index contributed by atoms with van der Waals surface area (Å²) in [5.74, 6) is -1.20. The summed E-state index contributed by atoms with van der Waals surface area (Å²) in [5.41, 5.74) is 3.99. The molecule has 2 aliphatic rings. The fourth-order valence-electron chi connectivity index (χ4n) is 5.61. The van der Waals surface area contributed by atoms with Gasteiger partial charge >= 0.3 is 0 Å². The summed E-state index contributed by atoms with van der Waals surface area (Å²) in [7, 11) is -4.09. The number of nitrogens with one attached hydrogen (secondary N) is 1. The monoisotopic (exact) mass is 525 g/mol. The molecule has 198 valence electrons. The van der Waals surface area contributed by atoms with E-state index in [2.05, 4.69) is 5.32 Å². The van der Waals surface area contributed by atoms with Crippen LogP contribution in [0.1, 0.15) is 67.7 Å². The van der Waals surface area contributed by atoms with Crippen LogP contribution in [0, 0.1) is 27.7 Å². The third kappa shape index (κ3) is 5.07. The van der Waals surface area contributed by atoms with Crippen molar-refractivity contribution in [1.29, 1.82) is 0 Å². The Morgan fingerprint density at radius 3 is 2.05 bits per heavy atom. The Labute approximate surface area is 219 Å². The van der Waals surface area contributed by atoms with Gasteiger partial charge in [-0.15, -0.1) is 0 Å². The van der Waals surface area contributed by atoms with Gasteiger partial charge in [0.2, 0.25) is 21.8 Å². The van der Waals surface area contributed by atoms with E-state index in [1.165, 1.54) is 11.2 Å². The maximum Gasteiger partial charge on any atom is 0.252 e. The number of hydrogen-bond donors (Lipinski definition) is 1. The number of aryl methyl sites for hydroxylation is 2. The lowest BCUT2D eigenvalue weighted by atomic mass is 9.94. The third-order valence-electron chi connectivity index (χ3n) is 7.64. The number of hydrogen-bond acceptors (Lipinski definition) is 5. The highest BCUT2D eigenvalue weighted by atomic mass is 32.2. The van der Waals surface area contributed by atoms with Gasteiger partial charge in [-0.3, -0.25) is 14.4 Å². The molecule has 8 nitrogen and oxygen atoms in total. The van der Waals surface area contributed by atoms with Gasteiger partial charge in [0.25, 0.3) is 5.91 Å². The molecule has 1 saturated carbocycles. The maximum absolute atomic E-state index is 14.4. The van der Waals surface area contributed by atoms with E-state index in [0.717, 1.165) is 35.3 Å². The van der Waals surface area contributed by atoms with Crippen molar-refractivity contribution in [2.75, 3.05) is 10.2 Å². The summed E-state index contributed by atoms with van der Waals surface area (Å²) in [4.78, 5) is 39.6. The molecule has 2 aromatic rings. The van der Waals surface area contributed by atoms with Crippen LogP contribution in [0.2, 0.25) is 0 Å². The van der Waals surface area contributed by atoms with Crippen molar-refractivity contribution in [2.24, 2.45) is 0 Å². The predicted molar refractivity (Wildman–Crippen MR) is 143 cm³/mol. The molecule has 4 rings (SSSR count). The number of amides is 3. The Morgan fingerprint density at radius 2 is 1.51 bits per heavy atom. The van der Waals surface area contributed by atoms with Gasteiger partial charge in [-0.1, -0.05) is 25.3 Å². The lowest BCUT2D eigenvalue weighted by Crippen LogP contribution is -2.51. The zero-order valence-electron chi connectivity index (χ0n) is 22.1. The molecule has 0 bridgehead atoms. The highest BCUT2D eigenvalue weighted by Gasteiger charge is 2.50. The number of nitrogens with zero attached hydrogens (tertiary/aromatic N) is 2. The molecule has 0 spiro atoms. The average Bonchev–Trinajstić information content (AvgIpc) is 3.12. The van der Waals surface area contributed by atoms with Crippen LogP contribution in [0.4, 0.5) is 11.4 Å². The van der Waals surface area contributed by atoms with Crippen LogP contribution in [0.15, 0.2) is 35.2 Å². The molecule has 1 aliphatic carbocycles. The van der Waals surface area contributed by atoms with Crippen molar-refractivity contribution >= 4 is 39.1 Å². The molecule has 9 heteroatoms. The molecule has 1 heterocycles. The molecule has 2 fully saturated rings. The van der Waals surface area contributed by atoms with E-state index in [-0.39, 0.29) is 23.3 Å². The Kier molecular flexibility index (Phi) is 7.57. The van der Waals surface area contributed by atoms with Crippen LogP contribution in [0.25, 0.3) is 0 Å². The standard InChI is InChI=1S/C28H35N3O5S/c1-17-15-18(2)20(4)27(19(17)3)37(35,36)31(24-9-7-6-8-10-24)25-16-26(33)30(28(25)34)23-13-11-22(12-14-23)29-21(5)32/h11-15,24-25H,6-10,16H2,1-5H3,(H,29,32). The van der Waals surface area contributed by atoms with Gasteiger partial charge in [0, 0.05) is 18.7 Å². The minimum Gasteiger partial charge on any atom is -0.326 e. The number of rotatable bonds is 6. The van der Waals surface area contributed by atoms with E-state index in [9.17, 15) is 22.8 Å². The first-order valence-electron chi connectivity index (χ1n) is 12.8. The first-order chi connectivity index (χ1) is 17.4. The van der Waals surface area contributed by atoms with Crippen LogP contribution in [0.5, 0.6) is 0 Å². The van der Waals surface area contributed by atoms with E-state index in [1.54, 1.807) is 38.1 Å². The second kappa shape index (κ2) is 10.4. The fraction of sp³-hybridized carbons (Fsp3) is 0.464. The molecule has 1 atom stereocenters. The predicted octanol–water partition coefficient (Wildman–Crippen LogP) is 4.53. The summed E-state index contributed by atoms with van der Waals surface area (Å²) >= 11 is 0. The number of carbonyl (C=O) groups excluding carboxylic acids is 3. The third-order valence-corrected chi connectivity index (χ3v) is 9.88. The number of anilines is 2. The molecule has 1 aliphatic heterocycles. The molecule has 0 radical (unpaired) electrons. The van der Waals surface area contributed by atoms with Crippen molar-refractivity contribution in [2.45, 2.75) is 90.1 Å². The van der Waals surface area contributed by atoms with Crippen LogP contribution in [-0.4, -0.2) is 42.5 Å². The van der Waals surface area contributed by atoms with Crippen molar-refractivity contribution in [3.05, 3.63) is 52.6 Å². The average molecular weight is 526 g/mol. The van der Waals surface area contributed by atoms with Crippen LogP contribution in [0.3, 0.4) is 0 Å². The minimum atomic E-state index is -4.09. The van der Waals surface area contributed by atoms with Gasteiger partial charge in [-0.2, -0.15) is 4.31 Å². The van der Waals surface area contributed by atoms with Crippen molar-refractivity contribution < 1.29 is 22.8 Å². The fourth-order valence-corrected chi connectivity index (χ4v) is 8.02. The first kappa shape index (κ1) is 27.0. The summed E-state index contributed by atoms with van der Waals surface area (Å²) in [5, 5.41) is 2.66. The second-order valence-electron chi connectivity index (χ2n) is 10.2. The maximum atomic E-state index is 14.4. The zero-order valence-corrected chi connectivity index (χ0v) is 22.9. The number of carbonyl (C=O) groups is 3. The summed E-state index contributed by atoms with van der Waals surface area (Å²) in [6.45, 7) is 8.78. The largest absolute Gasteiger partial charge is 0.326 e. The lowest BCUT2D eigenvalue weighted by molar-refractivity contribution is -0.122. The van der Waals surface area contributed by atoms with Gasteiger partial charge in [0.1, 0.15) is 6.04 Å². The molecule has 1 unspecified atom stereocenters. The van der Waals surface area contributed by atoms with Gasteiger partial charge in [-0.25, -0.2) is 13.3 Å². The number of benzene rings is 2. The molecule has 0 aromatic heterocycles. The zero-order chi connectivity index (χ0) is 27.1. The number of imide groups is 1. The molecule has 1 N–H and O–H groups in total. The Morgan fingerprint density at radius 1 is 0.946 bits per heavy atom. The summed E-state index contributed by atoms with van der Waals surface area (Å²) in [6, 6.07) is 6.93. The van der Waals surface area contributed by atoms with Crippen molar-refractivity contribution in [1.82, 2.24) is 4.31 Å². The smallest absolute Gasteiger partial charge is 0.252 e. The Hall–Kier alpha value is -3.04. The topological polar surface area (TPSA) is 104 Å². The molecule has 3 amide bonds. The summed E-state index contributed by atoms with van der Waals surface area (Å²) in [6.07, 6.45) is 3.90. The SMILES string of the molecule is CC(=O)Nc1ccc(N2C(=O)CC(N(C3CCCCC3)S(=O)(=O)c3c(C)c(C)cc(C)c3C)C2=O)cc1. The number of sulfonamides is 1. The minimum absolute atomic E-state index is 0.203. The molecular formula is C28H35N3O5S. The van der Waals surface area contributed by atoms with Crippen LogP contribution in [-0.2, 0) is 24.4 Å². The van der Waals surface area contributed by atoms with E-state index in [1.807, 2.05) is 19.9 Å². The van der Waals surface area contributed by atoms with Crippen LogP contribution >= 0.6 is 0 Å². The highest BCUT2D eigenvalue weighted by molar-refractivity contribution is 7.89. The van der Waals surface area contributed by atoms with Gasteiger partial charge in [-0.05, 0) is 87.1 Å². The molecule has 1 saturated heterocycles. The van der Waals surface area contributed by atoms with E-state index >= 15 is 0 Å². The van der Waals surface area contributed by atoms with Crippen molar-refractivity contribution in [3.63, 3.8) is 0 Å². The van der Waals surface area contributed by atoms with Crippen molar-refractivity contribution in [3.8, 4) is 0 Å². The second-order valence-corrected chi connectivity index (χ2v) is 12.0. The van der Waals surface area contributed by atoms with E-state index in [4.69, 9.17) is 0 Å². The van der Waals surface area contributed by atoms with Gasteiger partial charge in [0.05, 0.1) is 17.0 Å². The van der Waals surface area contributed by atoms with Gasteiger partial charge < -0.3 is 5.32 Å². The quantitative estimate of drug-likeness (QED) is 0.558. The van der Waals surface area contributed by atoms with Gasteiger partial charge in [0.15, 0.2) is 0 Å². The first-order valence-corrected chi connectivity index (χ1v) is 14.2. The summed E-state index contributed by atoms with van der Waals surface area (Å²) < 4.78 is 30.2. The lowest BCUT2D eigenvalue weighted by Gasteiger charge is -2.37.